The van der Waals surface area contributed by atoms with Crippen LogP contribution in [0, 0.1) is 6.92 Å². The second-order valence-corrected chi connectivity index (χ2v) is 11.3. The van der Waals surface area contributed by atoms with E-state index in [1.807, 2.05) is 60.0 Å². The first-order chi connectivity index (χ1) is 16.0. The maximum absolute atomic E-state index is 12.7. The van der Waals surface area contributed by atoms with Crippen LogP contribution in [-0.2, 0) is 21.6 Å². The standard InChI is InChI=1S/C23H20N4O3S3/c1-15-19(30-13-14-33(29)23-26-17-8-4-6-10-20(17)31-23)11-12-24-21(15)27-18-9-5-3-7-16(18)25-22(27)32(2)28/h3-12H,13-14H2,1-2H3. The first-order valence-corrected chi connectivity index (χ1v) is 13.9. The number of nitrogens with zero attached hydrogens (tertiary/aromatic N) is 4. The number of imidazole rings is 1. The van der Waals surface area contributed by atoms with Gasteiger partial charge in [-0.3, -0.25) is 13.0 Å². The summed E-state index contributed by atoms with van der Waals surface area (Å²) in [4.78, 5) is 13.5. The van der Waals surface area contributed by atoms with E-state index in [-0.39, 0.29) is 6.61 Å². The van der Waals surface area contributed by atoms with Crippen molar-refractivity contribution < 1.29 is 13.2 Å². The summed E-state index contributed by atoms with van der Waals surface area (Å²) in [6, 6.07) is 17.2. The molecule has 0 saturated carbocycles. The molecule has 7 nitrogen and oxygen atoms in total. The summed E-state index contributed by atoms with van der Waals surface area (Å²) in [5, 5.41) is 0.431. The Labute approximate surface area is 199 Å². The lowest BCUT2D eigenvalue weighted by Gasteiger charge is -2.14. The molecule has 0 aliphatic carbocycles. The monoisotopic (exact) mass is 496 g/mol. The number of hydrogen-bond donors (Lipinski definition) is 0. The average Bonchev–Trinajstić information content (AvgIpc) is 3.42. The highest BCUT2D eigenvalue weighted by Crippen LogP contribution is 2.29. The van der Waals surface area contributed by atoms with E-state index in [2.05, 4.69) is 15.0 Å². The highest BCUT2D eigenvalue weighted by atomic mass is 32.2. The molecule has 2 atom stereocenters. The molecule has 0 N–H and O–H groups in total. The predicted molar refractivity (Wildman–Crippen MR) is 132 cm³/mol. The highest BCUT2D eigenvalue weighted by molar-refractivity contribution is 7.87. The number of rotatable bonds is 7. The van der Waals surface area contributed by atoms with Crippen LogP contribution in [0.4, 0.5) is 0 Å². The van der Waals surface area contributed by atoms with Gasteiger partial charge in [0.25, 0.3) is 0 Å². The van der Waals surface area contributed by atoms with Crippen molar-refractivity contribution in [3.8, 4) is 11.6 Å². The number of hydrogen-bond acceptors (Lipinski definition) is 7. The average molecular weight is 497 g/mol. The van der Waals surface area contributed by atoms with Crippen molar-refractivity contribution in [3.63, 3.8) is 0 Å². The van der Waals surface area contributed by atoms with Crippen LogP contribution >= 0.6 is 11.3 Å². The summed E-state index contributed by atoms with van der Waals surface area (Å²) in [7, 11) is -2.55. The molecule has 2 aromatic carbocycles. The molecule has 3 aromatic heterocycles. The highest BCUT2D eigenvalue weighted by Gasteiger charge is 2.19. The number of pyridine rings is 1. The molecule has 10 heteroatoms. The Bertz CT molecular complexity index is 1490. The van der Waals surface area contributed by atoms with Gasteiger partial charge in [-0.1, -0.05) is 24.3 Å². The third-order valence-electron chi connectivity index (χ3n) is 5.12. The molecule has 5 aromatic rings. The van der Waals surface area contributed by atoms with Gasteiger partial charge in [-0.05, 0) is 37.3 Å². The van der Waals surface area contributed by atoms with Gasteiger partial charge >= 0.3 is 0 Å². The van der Waals surface area contributed by atoms with Crippen LogP contribution in [0.1, 0.15) is 5.56 Å². The summed E-state index contributed by atoms with van der Waals surface area (Å²) in [6.07, 6.45) is 3.25. The number of para-hydroxylation sites is 3. The van der Waals surface area contributed by atoms with E-state index in [9.17, 15) is 8.42 Å². The van der Waals surface area contributed by atoms with E-state index in [1.165, 1.54) is 11.3 Å². The SMILES string of the molecule is Cc1c(OCCS(=O)c2nc3ccccc3s2)ccnc1-n1c(S(C)=O)nc2ccccc21. The third-order valence-corrected chi connectivity index (χ3v) is 8.57. The molecule has 33 heavy (non-hydrogen) atoms. The third kappa shape index (κ3) is 4.21. The molecule has 0 bridgehead atoms. The summed E-state index contributed by atoms with van der Waals surface area (Å²) in [5.74, 6) is 1.57. The Morgan fingerprint density at radius 1 is 1.00 bits per heavy atom. The fourth-order valence-electron chi connectivity index (χ4n) is 3.55. The number of ether oxygens (including phenoxy) is 1. The van der Waals surface area contributed by atoms with Crippen LogP contribution in [-0.4, -0.2) is 46.6 Å². The van der Waals surface area contributed by atoms with Crippen molar-refractivity contribution in [2.45, 2.75) is 16.4 Å². The minimum absolute atomic E-state index is 0.268. The van der Waals surface area contributed by atoms with E-state index < -0.39 is 21.6 Å². The molecule has 0 fully saturated rings. The van der Waals surface area contributed by atoms with Gasteiger partial charge in [-0.25, -0.2) is 15.0 Å². The summed E-state index contributed by atoms with van der Waals surface area (Å²) < 4.78 is 34.5. The van der Waals surface area contributed by atoms with Crippen molar-refractivity contribution in [2.75, 3.05) is 18.6 Å². The van der Waals surface area contributed by atoms with Gasteiger partial charge in [0.15, 0.2) is 4.34 Å². The van der Waals surface area contributed by atoms with Crippen molar-refractivity contribution in [1.82, 2.24) is 19.5 Å². The van der Waals surface area contributed by atoms with E-state index in [4.69, 9.17) is 4.74 Å². The van der Waals surface area contributed by atoms with Crippen LogP contribution in [0.15, 0.2) is 70.3 Å². The van der Waals surface area contributed by atoms with Crippen molar-refractivity contribution in [3.05, 3.63) is 66.4 Å². The predicted octanol–water partition coefficient (Wildman–Crippen LogP) is 4.26. The van der Waals surface area contributed by atoms with Crippen LogP contribution in [0.5, 0.6) is 5.75 Å². The molecule has 0 amide bonds. The van der Waals surface area contributed by atoms with Crippen molar-refractivity contribution in [2.24, 2.45) is 0 Å². The lowest BCUT2D eigenvalue weighted by molar-refractivity contribution is 0.339. The maximum atomic E-state index is 12.7. The van der Waals surface area contributed by atoms with Gasteiger partial charge in [0.1, 0.15) is 18.2 Å². The fourth-order valence-corrected chi connectivity index (χ4v) is 6.42. The van der Waals surface area contributed by atoms with E-state index in [0.29, 0.717) is 26.8 Å². The zero-order valence-electron chi connectivity index (χ0n) is 17.9. The molecule has 2 unspecified atom stereocenters. The van der Waals surface area contributed by atoms with Crippen molar-refractivity contribution >= 4 is 54.2 Å². The number of fused-ring (bicyclic) bond motifs is 2. The summed E-state index contributed by atoms with van der Waals surface area (Å²) in [5.41, 5.74) is 3.23. The van der Waals surface area contributed by atoms with Gasteiger partial charge in [-0.2, -0.15) is 0 Å². The summed E-state index contributed by atoms with van der Waals surface area (Å²) >= 11 is 1.44. The zero-order chi connectivity index (χ0) is 22.9. The lowest BCUT2D eigenvalue weighted by Crippen LogP contribution is -2.11. The molecular formula is C23H20N4O3S3. The van der Waals surface area contributed by atoms with Crippen molar-refractivity contribution in [1.29, 1.82) is 0 Å². The first-order valence-electron chi connectivity index (χ1n) is 10.2. The minimum Gasteiger partial charge on any atom is -0.492 e. The second kappa shape index (κ2) is 9.12. The normalized spacial score (nSPS) is 13.4. The van der Waals surface area contributed by atoms with E-state index in [0.717, 1.165) is 26.8 Å². The Balaban J connectivity index is 1.38. The largest absolute Gasteiger partial charge is 0.492 e. The smallest absolute Gasteiger partial charge is 0.205 e. The quantitative estimate of drug-likeness (QED) is 0.335. The first kappa shape index (κ1) is 21.9. The van der Waals surface area contributed by atoms with Gasteiger partial charge < -0.3 is 4.74 Å². The molecule has 0 saturated heterocycles. The molecule has 0 aliphatic rings. The zero-order valence-corrected chi connectivity index (χ0v) is 20.4. The second-order valence-electron chi connectivity index (χ2n) is 7.28. The lowest BCUT2D eigenvalue weighted by atomic mass is 10.2. The molecule has 3 heterocycles. The van der Waals surface area contributed by atoms with E-state index >= 15 is 0 Å². The van der Waals surface area contributed by atoms with Gasteiger partial charge in [0.05, 0.1) is 48.6 Å². The molecule has 5 rings (SSSR count). The van der Waals surface area contributed by atoms with Crippen LogP contribution in [0.25, 0.3) is 27.1 Å². The van der Waals surface area contributed by atoms with Gasteiger partial charge in [0, 0.05) is 18.0 Å². The molecule has 0 aliphatic heterocycles. The fraction of sp³-hybridized carbons (Fsp3) is 0.174. The summed E-state index contributed by atoms with van der Waals surface area (Å²) in [6.45, 7) is 2.17. The molecule has 168 valence electrons. The maximum Gasteiger partial charge on any atom is 0.205 e. The molecular weight excluding hydrogens is 476 g/mol. The van der Waals surface area contributed by atoms with Gasteiger partial charge in [-0.15, -0.1) is 11.3 Å². The number of thiazole rings is 1. The Kier molecular flexibility index (Phi) is 6.05. The number of aromatic nitrogens is 4. The van der Waals surface area contributed by atoms with Crippen LogP contribution in [0.2, 0.25) is 0 Å². The van der Waals surface area contributed by atoms with Crippen LogP contribution < -0.4 is 4.74 Å². The van der Waals surface area contributed by atoms with Gasteiger partial charge in [0.2, 0.25) is 5.16 Å². The van der Waals surface area contributed by atoms with E-state index in [1.54, 1.807) is 18.5 Å². The topological polar surface area (TPSA) is 87.0 Å². The molecule has 0 spiro atoms. The number of benzene rings is 2. The Hall–Kier alpha value is -2.95. The van der Waals surface area contributed by atoms with Crippen LogP contribution in [0.3, 0.4) is 0 Å². The molecule has 0 radical (unpaired) electrons. The minimum atomic E-state index is -1.30. The Morgan fingerprint density at radius 2 is 1.76 bits per heavy atom. The Morgan fingerprint density at radius 3 is 2.55 bits per heavy atom.